The number of nitrogens with one attached hydrogen (secondary N) is 1. The van der Waals surface area contributed by atoms with E-state index < -0.39 is 0 Å². The predicted octanol–water partition coefficient (Wildman–Crippen LogP) is 1.93. The number of rotatable bonds is 6. The summed E-state index contributed by atoms with van der Waals surface area (Å²) in [5.74, 6) is 0. The zero-order valence-corrected chi connectivity index (χ0v) is 11.7. The van der Waals surface area contributed by atoms with Crippen molar-refractivity contribution in [2.45, 2.75) is 13.3 Å². The van der Waals surface area contributed by atoms with Crippen LogP contribution in [0.3, 0.4) is 0 Å². The van der Waals surface area contributed by atoms with Crippen LogP contribution in [0.2, 0.25) is 0 Å². The van der Waals surface area contributed by atoms with Crippen molar-refractivity contribution in [3.05, 3.63) is 53.9 Å². The van der Waals surface area contributed by atoms with Gasteiger partial charge in [0, 0.05) is 19.2 Å². The molecule has 0 bridgehead atoms. The van der Waals surface area contributed by atoms with Gasteiger partial charge in [-0.25, -0.2) is 0 Å². The summed E-state index contributed by atoms with van der Waals surface area (Å²) in [5, 5.41) is 3.27. The largest absolute Gasteiger partial charge is 0.391 e. The molecule has 0 unspecified atom stereocenters. The molecule has 1 aliphatic rings. The summed E-state index contributed by atoms with van der Waals surface area (Å²) in [6, 6.07) is 0. The first-order valence-corrected chi connectivity index (χ1v) is 6.21. The van der Waals surface area contributed by atoms with Crippen molar-refractivity contribution in [3.8, 4) is 0 Å². The van der Waals surface area contributed by atoms with E-state index in [-0.39, 0.29) is 5.41 Å². The molecule has 0 saturated carbocycles. The van der Waals surface area contributed by atoms with E-state index in [1.807, 2.05) is 33.1 Å². The summed E-state index contributed by atoms with van der Waals surface area (Å²) in [6.07, 6.45) is 6.73. The molecule has 3 heteroatoms. The monoisotopic (exact) mass is 243 g/mol. The van der Waals surface area contributed by atoms with Crippen molar-refractivity contribution in [1.29, 1.82) is 0 Å². The van der Waals surface area contributed by atoms with Gasteiger partial charge in [0.15, 0.2) is 0 Å². The number of hydrogen-bond donors (Lipinski definition) is 1. The lowest BCUT2D eigenvalue weighted by Crippen LogP contribution is -2.42. The van der Waals surface area contributed by atoms with Gasteiger partial charge in [0.1, 0.15) is 7.85 Å². The predicted molar refractivity (Wildman–Crippen MR) is 80.2 cm³/mol. The molecular formula is C15H22BNO. The molecule has 1 saturated heterocycles. The highest BCUT2D eigenvalue weighted by Crippen LogP contribution is 2.38. The molecule has 0 aromatic carbocycles. The fourth-order valence-corrected chi connectivity index (χ4v) is 1.91. The van der Waals surface area contributed by atoms with Crippen LogP contribution in [0.5, 0.6) is 0 Å². The van der Waals surface area contributed by atoms with Gasteiger partial charge in [-0.05, 0) is 24.6 Å². The third-order valence-corrected chi connectivity index (χ3v) is 3.37. The Morgan fingerprint density at radius 3 is 2.61 bits per heavy atom. The lowest BCUT2D eigenvalue weighted by atomic mass is 9.77. The van der Waals surface area contributed by atoms with E-state index in [0.717, 1.165) is 25.1 Å². The molecule has 1 fully saturated rings. The topological polar surface area (TPSA) is 21.3 Å². The molecule has 0 aromatic heterocycles. The van der Waals surface area contributed by atoms with E-state index in [0.29, 0.717) is 0 Å². The van der Waals surface area contributed by atoms with Gasteiger partial charge in [0.2, 0.25) is 0 Å². The highest BCUT2D eigenvalue weighted by Gasteiger charge is 2.38. The summed E-state index contributed by atoms with van der Waals surface area (Å²) in [7, 11) is 3.91. The number of ether oxygens (including phenoxy) is 1. The van der Waals surface area contributed by atoms with E-state index in [1.165, 1.54) is 11.3 Å². The molecule has 96 valence electrons. The maximum absolute atomic E-state index is 5.33. The average Bonchev–Trinajstić information content (AvgIpc) is 2.28. The van der Waals surface area contributed by atoms with Gasteiger partial charge >= 0.3 is 0 Å². The molecule has 1 heterocycles. The fraction of sp³-hybridized carbons (Fsp3) is 0.400. The van der Waals surface area contributed by atoms with Crippen LogP contribution in [-0.2, 0) is 4.74 Å². The van der Waals surface area contributed by atoms with Crippen molar-refractivity contribution in [2.24, 2.45) is 5.41 Å². The minimum Gasteiger partial charge on any atom is -0.391 e. The normalized spacial score (nSPS) is 17.7. The molecular weight excluding hydrogens is 221 g/mol. The highest BCUT2D eigenvalue weighted by molar-refractivity contribution is 6.22. The van der Waals surface area contributed by atoms with Crippen LogP contribution in [0.15, 0.2) is 53.9 Å². The van der Waals surface area contributed by atoms with Crippen LogP contribution in [0.25, 0.3) is 0 Å². The summed E-state index contributed by atoms with van der Waals surface area (Å²) in [6.45, 7) is 11.3. The van der Waals surface area contributed by atoms with E-state index in [1.54, 1.807) is 0 Å². The van der Waals surface area contributed by atoms with Gasteiger partial charge in [-0.15, -0.1) is 18.9 Å². The van der Waals surface area contributed by atoms with E-state index in [4.69, 9.17) is 4.74 Å². The molecule has 2 nitrogen and oxygen atoms in total. The van der Waals surface area contributed by atoms with Gasteiger partial charge in [-0.3, -0.25) is 0 Å². The second-order valence-electron chi connectivity index (χ2n) is 4.77. The lowest BCUT2D eigenvalue weighted by Gasteiger charge is -2.41. The first-order chi connectivity index (χ1) is 8.55. The quantitative estimate of drug-likeness (QED) is 0.333. The Balaban J connectivity index is 2.84. The van der Waals surface area contributed by atoms with Gasteiger partial charge in [0.05, 0.1) is 18.6 Å². The molecule has 1 aliphatic heterocycles. The Morgan fingerprint density at radius 2 is 2.22 bits per heavy atom. The van der Waals surface area contributed by atoms with Crippen LogP contribution >= 0.6 is 0 Å². The number of allylic oxidation sites excluding steroid dienone is 2. The Labute approximate surface area is 111 Å². The molecule has 0 amide bonds. The Bertz CT molecular complexity index is 424. The Hall–Kier alpha value is -1.44. The van der Waals surface area contributed by atoms with Crippen molar-refractivity contribution >= 4 is 7.85 Å². The molecule has 1 N–H and O–H groups in total. The standard InChI is InChI=1S/C15H22BNO/c1-5-15(10-18-11-15)13(3)14(17-4)9-7-6-8-12(2)16/h5,7-8,17H,1-2,9-11,16H2,3-4H3/b14-13-. The maximum atomic E-state index is 5.33. The molecule has 0 atom stereocenters. The molecule has 18 heavy (non-hydrogen) atoms. The second-order valence-corrected chi connectivity index (χ2v) is 4.77. The lowest BCUT2D eigenvalue weighted by molar-refractivity contribution is -0.0605. The number of hydrogen-bond acceptors (Lipinski definition) is 2. The average molecular weight is 243 g/mol. The molecule has 0 aromatic rings. The fourth-order valence-electron chi connectivity index (χ4n) is 1.91. The van der Waals surface area contributed by atoms with Crippen LogP contribution in [0, 0.1) is 5.41 Å². The zero-order valence-electron chi connectivity index (χ0n) is 11.7. The van der Waals surface area contributed by atoms with E-state index in [2.05, 4.69) is 31.1 Å². The van der Waals surface area contributed by atoms with Crippen molar-refractivity contribution < 1.29 is 4.74 Å². The zero-order chi connectivity index (χ0) is 13.6. The van der Waals surface area contributed by atoms with Gasteiger partial charge < -0.3 is 10.1 Å². The van der Waals surface area contributed by atoms with Crippen LogP contribution < -0.4 is 5.32 Å². The summed E-state index contributed by atoms with van der Waals surface area (Å²) in [5.41, 5.74) is 6.67. The van der Waals surface area contributed by atoms with Crippen molar-refractivity contribution in [1.82, 2.24) is 5.32 Å². The van der Waals surface area contributed by atoms with E-state index >= 15 is 0 Å². The summed E-state index contributed by atoms with van der Waals surface area (Å²) in [4.78, 5) is 0. The molecule has 0 spiro atoms. The first kappa shape index (κ1) is 14.6. The van der Waals surface area contributed by atoms with Gasteiger partial charge in [-0.2, -0.15) is 0 Å². The molecule has 0 aliphatic carbocycles. The Morgan fingerprint density at radius 1 is 1.56 bits per heavy atom. The minimum atomic E-state index is 0.0181. The van der Waals surface area contributed by atoms with Gasteiger partial charge in [-0.1, -0.05) is 11.5 Å². The minimum absolute atomic E-state index is 0.0181. The summed E-state index contributed by atoms with van der Waals surface area (Å²) < 4.78 is 5.33. The van der Waals surface area contributed by atoms with Crippen LogP contribution in [0.1, 0.15) is 13.3 Å². The SMILES string of the molecule is BC(=C)C=C=CC/C(NC)=C(\C)C1(C=C)COC1. The third kappa shape index (κ3) is 3.28. The highest BCUT2D eigenvalue weighted by atomic mass is 16.5. The first-order valence-electron chi connectivity index (χ1n) is 6.21. The van der Waals surface area contributed by atoms with E-state index in [9.17, 15) is 0 Å². The van der Waals surface area contributed by atoms with Gasteiger partial charge in [0.25, 0.3) is 0 Å². The van der Waals surface area contributed by atoms with Crippen LogP contribution in [0.4, 0.5) is 0 Å². The maximum Gasteiger partial charge on any atom is 0.139 e. The smallest absolute Gasteiger partial charge is 0.139 e. The molecule has 1 rings (SSSR count). The van der Waals surface area contributed by atoms with Crippen LogP contribution in [-0.4, -0.2) is 28.1 Å². The third-order valence-electron chi connectivity index (χ3n) is 3.37. The molecule has 0 radical (unpaired) electrons. The second kappa shape index (κ2) is 6.48. The van der Waals surface area contributed by atoms with Crippen molar-refractivity contribution in [2.75, 3.05) is 20.3 Å². The summed E-state index contributed by atoms with van der Waals surface area (Å²) >= 11 is 0. The Kier molecular flexibility index (Phi) is 5.27. The van der Waals surface area contributed by atoms with Crippen molar-refractivity contribution in [3.63, 3.8) is 0 Å².